The Morgan fingerprint density at radius 1 is 0.583 bits per heavy atom. The molecule has 0 saturated heterocycles. The third kappa shape index (κ3) is 13.4. The minimum Gasteiger partial charge on any atom is -0.338 e. The van der Waals surface area contributed by atoms with Crippen molar-refractivity contribution in [1.82, 2.24) is 15.4 Å². The first kappa shape index (κ1) is 52.5. The van der Waals surface area contributed by atoms with E-state index in [1.807, 2.05) is 0 Å². The minimum atomic E-state index is -4.01. The Kier molecular flexibility index (Phi) is 17.7. The summed E-state index contributed by atoms with van der Waals surface area (Å²) in [6.07, 6.45) is 24.0. The second-order valence-corrected chi connectivity index (χ2v) is 23.6. The highest BCUT2D eigenvalue weighted by molar-refractivity contribution is 7.92. The molecule has 7 N–H and O–H groups in total. The zero-order chi connectivity index (χ0) is 50.7. The number of sulfone groups is 1. The lowest BCUT2D eigenvalue weighted by Gasteiger charge is -2.16. The van der Waals surface area contributed by atoms with Gasteiger partial charge in [-0.25, -0.2) is 40.9 Å². The maximum Gasteiger partial charge on any atom is 0.333 e. The molecule has 72 heavy (non-hydrogen) atoms. The van der Waals surface area contributed by atoms with Gasteiger partial charge < -0.3 is 27.0 Å². The Morgan fingerprint density at radius 2 is 1.06 bits per heavy atom. The third-order valence-corrected chi connectivity index (χ3v) is 17.9. The predicted molar refractivity (Wildman–Crippen MR) is 280 cm³/mol. The van der Waals surface area contributed by atoms with Gasteiger partial charge in [0.25, 0.3) is 10.0 Å². The number of urea groups is 2. The topological polar surface area (TPSA) is 235 Å². The first-order valence-electron chi connectivity index (χ1n) is 26.0. The molecular formula is C55H69N7O8S2. The number of nitrogens with two attached hydrogens (primary N) is 1. The number of fused-ring (bicyclic) bond motifs is 4. The van der Waals surface area contributed by atoms with Crippen molar-refractivity contribution in [3.8, 4) is 0 Å². The van der Waals surface area contributed by atoms with Crippen LogP contribution in [0.4, 0.5) is 21.0 Å². The highest BCUT2D eigenvalue weighted by Gasteiger charge is 2.29. The number of anilines is 2. The van der Waals surface area contributed by atoms with Gasteiger partial charge in [-0.15, -0.1) is 0 Å². The van der Waals surface area contributed by atoms with Crippen molar-refractivity contribution in [2.24, 2.45) is 10.7 Å². The molecule has 17 heteroatoms. The quantitative estimate of drug-likeness (QED) is 0.0533. The van der Waals surface area contributed by atoms with Gasteiger partial charge in [0.1, 0.15) is 5.75 Å². The average Bonchev–Trinajstić information content (AvgIpc) is 4.22. The van der Waals surface area contributed by atoms with Crippen molar-refractivity contribution in [3.05, 3.63) is 116 Å². The molecule has 0 heterocycles. The minimum absolute atomic E-state index is 0.0249. The van der Waals surface area contributed by atoms with Crippen LogP contribution in [0.3, 0.4) is 0 Å². The van der Waals surface area contributed by atoms with Crippen molar-refractivity contribution in [3.63, 3.8) is 0 Å². The molecule has 0 unspecified atom stereocenters. The van der Waals surface area contributed by atoms with Crippen molar-refractivity contribution >= 4 is 55.3 Å². The number of nitrogens with one attached hydrogen (secondary N) is 5. The second kappa shape index (κ2) is 24.2. The zero-order valence-electron chi connectivity index (χ0n) is 41.2. The number of isocyanates is 1. The number of sulfonamides is 1. The van der Waals surface area contributed by atoms with Crippen LogP contribution in [-0.4, -0.2) is 71.8 Å². The molecule has 2 saturated carbocycles. The molecule has 0 spiro atoms. The Balaban J connectivity index is 0.000000170. The number of aryl methyl sites for hydroxylation is 4. The number of nitrogens with zero attached hydrogens (tertiary/aromatic N) is 1. The molecule has 15 nitrogen and oxygen atoms in total. The van der Waals surface area contributed by atoms with E-state index in [4.69, 9.17) is 5.73 Å². The van der Waals surface area contributed by atoms with Crippen LogP contribution < -0.4 is 31.7 Å². The average molecular weight is 1020 g/mol. The van der Waals surface area contributed by atoms with Crippen LogP contribution in [0.2, 0.25) is 0 Å². The fourth-order valence-corrected chi connectivity index (χ4v) is 13.3. The molecular weight excluding hydrogens is 951 g/mol. The van der Waals surface area contributed by atoms with Gasteiger partial charge in [0.2, 0.25) is 12.0 Å². The summed E-state index contributed by atoms with van der Waals surface area (Å²) >= 11 is 0. The highest BCUT2D eigenvalue weighted by atomic mass is 32.2. The Bertz CT molecular complexity index is 2820. The predicted octanol–water partition coefficient (Wildman–Crippen LogP) is 7.80. The molecule has 384 valence electrons. The summed E-state index contributed by atoms with van der Waals surface area (Å²) in [6.45, 7) is 0.969. The van der Waals surface area contributed by atoms with Crippen LogP contribution in [0, 0.1) is 0 Å². The number of benzene rings is 4. The number of carbonyl (C=O) groups is 3. The van der Waals surface area contributed by atoms with Crippen LogP contribution in [0.1, 0.15) is 133 Å². The molecule has 6 aliphatic carbocycles. The summed E-state index contributed by atoms with van der Waals surface area (Å²) in [5, 5.41) is 11.7. The van der Waals surface area contributed by atoms with Gasteiger partial charge >= 0.3 is 12.1 Å². The third-order valence-electron chi connectivity index (χ3n) is 14.9. The molecule has 0 bridgehead atoms. The van der Waals surface area contributed by atoms with Crippen LogP contribution in [-0.2, 0) is 93.7 Å². The summed E-state index contributed by atoms with van der Waals surface area (Å²) < 4.78 is 53.2. The number of aliphatic imine (C=N–C) groups is 1. The number of rotatable bonds is 14. The zero-order valence-corrected chi connectivity index (χ0v) is 42.8. The van der Waals surface area contributed by atoms with E-state index in [1.165, 1.54) is 58.4 Å². The summed E-state index contributed by atoms with van der Waals surface area (Å²) in [5.41, 5.74) is 19.0. The Hall–Kier alpha value is -5.87. The first-order chi connectivity index (χ1) is 34.8. The lowest BCUT2D eigenvalue weighted by Crippen LogP contribution is -2.41. The Labute approximate surface area is 424 Å². The van der Waals surface area contributed by atoms with Gasteiger partial charge in [0.15, 0.2) is 9.84 Å². The van der Waals surface area contributed by atoms with Gasteiger partial charge in [0.05, 0.1) is 15.8 Å². The maximum atomic E-state index is 12.8. The Morgan fingerprint density at radius 3 is 1.56 bits per heavy atom. The largest absolute Gasteiger partial charge is 0.338 e. The highest BCUT2D eigenvalue weighted by Crippen LogP contribution is 2.40. The molecule has 0 atom stereocenters. The molecule has 2 fully saturated rings. The summed E-state index contributed by atoms with van der Waals surface area (Å²) in [6, 6.07) is 17.3. The van der Waals surface area contributed by atoms with E-state index in [0.717, 1.165) is 149 Å². The SMILES string of the molecule is NCCc1ccc(S(=O)(=O)CC(=O)Nc2c3c(cc4c2CCC4)CCC3)cc1.O=C(NCCc1ccc(S(=O)(=O)NC(=O)Nc2c3c(cc4c2CCC4)CCC3)cc1)NC1CCCC1.O=C=NC1CCCC1. The summed E-state index contributed by atoms with van der Waals surface area (Å²) in [7, 11) is -7.70. The van der Waals surface area contributed by atoms with Gasteiger partial charge in [-0.3, -0.25) is 4.79 Å². The van der Waals surface area contributed by atoms with Crippen LogP contribution >= 0.6 is 0 Å². The van der Waals surface area contributed by atoms with E-state index < -0.39 is 37.6 Å². The summed E-state index contributed by atoms with van der Waals surface area (Å²) in [5.74, 6) is -0.998. The van der Waals surface area contributed by atoms with E-state index in [9.17, 15) is 36.0 Å². The van der Waals surface area contributed by atoms with E-state index in [-0.39, 0.29) is 21.9 Å². The standard InChI is InChI=1S/C27H34N4O4S.C22H26N2O3S.C6H9NO/c32-26(29-21-7-1-2-8-21)28-16-15-18-11-13-22(14-12-18)36(34,35)31-27(33)30-25-23-9-3-5-19(23)17-20-6-4-10-24(20)25;23-12-11-15-7-9-18(10-8-15)28(26,27)14-21(25)24-22-19-5-1-3-16(19)13-17-4-2-6-20(17)22;8-5-7-6-3-1-2-4-6/h11-14,17,21H,1-10,15-16H2,(H2,28,29,32)(H2,30,31,33);7-10,13H,1-6,11-12,14,23H2,(H,24,25);6H,1-4H2. The molecule has 0 aliphatic heterocycles. The van der Waals surface area contributed by atoms with Crippen LogP contribution in [0.15, 0.2) is 75.4 Å². The fourth-order valence-electron chi connectivity index (χ4n) is 11.3. The fraction of sp³-hybridized carbons (Fsp3) is 0.491. The molecule has 4 aromatic carbocycles. The number of hydrogen-bond donors (Lipinski definition) is 6. The molecule has 0 radical (unpaired) electrons. The lowest BCUT2D eigenvalue weighted by molar-refractivity contribution is -0.113. The van der Waals surface area contributed by atoms with Gasteiger partial charge in [-0.2, -0.15) is 0 Å². The van der Waals surface area contributed by atoms with E-state index in [0.29, 0.717) is 32.0 Å². The summed E-state index contributed by atoms with van der Waals surface area (Å²) in [4.78, 5) is 50.9. The second-order valence-electron chi connectivity index (χ2n) is 20.0. The van der Waals surface area contributed by atoms with E-state index in [1.54, 1.807) is 42.5 Å². The van der Waals surface area contributed by atoms with E-state index >= 15 is 0 Å². The van der Waals surface area contributed by atoms with Crippen molar-refractivity contribution in [1.29, 1.82) is 0 Å². The van der Waals surface area contributed by atoms with Crippen LogP contribution in [0.5, 0.6) is 0 Å². The van der Waals surface area contributed by atoms with Crippen molar-refractivity contribution < 1.29 is 36.0 Å². The molecule has 6 aliphatic rings. The maximum absolute atomic E-state index is 12.8. The molecule has 5 amide bonds. The van der Waals surface area contributed by atoms with Crippen molar-refractivity contribution in [2.45, 2.75) is 163 Å². The lowest BCUT2D eigenvalue weighted by atomic mass is 9.98. The van der Waals surface area contributed by atoms with Gasteiger partial charge in [-0.1, -0.05) is 62.1 Å². The van der Waals surface area contributed by atoms with Gasteiger partial charge in [0, 0.05) is 24.0 Å². The van der Waals surface area contributed by atoms with Crippen molar-refractivity contribution in [2.75, 3.05) is 29.5 Å². The molecule has 10 rings (SSSR count). The monoisotopic (exact) mass is 1020 g/mol. The van der Waals surface area contributed by atoms with Gasteiger partial charge in [-0.05, 0) is 202 Å². The number of amides is 5. The van der Waals surface area contributed by atoms with E-state index in [2.05, 4.69) is 43.1 Å². The smallest absolute Gasteiger partial charge is 0.333 e. The number of carbonyl (C=O) groups excluding carboxylic acids is 4. The van der Waals surface area contributed by atoms with Crippen LogP contribution in [0.25, 0.3) is 0 Å². The molecule has 0 aromatic heterocycles. The number of hydrogen-bond acceptors (Lipinski definition) is 10. The normalized spacial score (nSPS) is 16.7. The molecule has 4 aromatic rings. The first-order valence-corrected chi connectivity index (χ1v) is 29.1.